The summed E-state index contributed by atoms with van der Waals surface area (Å²) in [5.74, 6) is 2.39. The zero-order valence-corrected chi connectivity index (χ0v) is 6.06. The van der Waals surface area contributed by atoms with E-state index in [2.05, 4.69) is 10.9 Å². The molecule has 2 N–H and O–H groups in total. The maximum Gasteiger partial charge on any atom is 0.113 e. The lowest BCUT2D eigenvalue weighted by Gasteiger charge is -1.89. The van der Waals surface area contributed by atoms with Crippen LogP contribution < -0.4 is 5.73 Å². The van der Waals surface area contributed by atoms with Crippen LogP contribution in [0, 0.1) is 12.3 Å². The van der Waals surface area contributed by atoms with Crippen molar-refractivity contribution in [2.75, 3.05) is 5.73 Å². The second-order valence-corrected chi connectivity index (χ2v) is 1.62. The molecule has 0 aliphatic heterocycles. The lowest BCUT2D eigenvalue weighted by molar-refractivity contribution is 1.29. The standard InChI is InChI=1S/C7H6N2.ClH/c1-2-7-4-3-6(8)5-9-7;/h1,3-5H,8H2;1H. The van der Waals surface area contributed by atoms with E-state index >= 15 is 0 Å². The number of terminal acetylenes is 1. The Balaban J connectivity index is 0.000000810. The Morgan fingerprint density at radius 2 is 2.20 bits per heavy atom. The van der Waals surface area contributed by atoms with E-state index in [4.69, 9.17) is 12.2 Å². The summed E-state index contributed by atoms with van der Waals surface area (Å²) in [6, 6.07) is 3.43. The Bertz CT molecular complexity index is 235. The normalized spacial score (nSPS) is 7.50. The highest BCUT2D eigenvalue weighted by molar-refractivity contribution is 5.85. The average Bonchev–Trinajstić information content (AvgIpc) is 1.90. The van der Waals surface area contributed by atoms with Crippen molar-refractivity contribution in [1.82, 2.24) is 4.98 Å². The first-order valence-corrected chi connectivity index (χ1v) is 2.51. The molecule has 0 aromatic carbocycles. The first-order valence-electron chi connectivity index (χ1n) is 2.51. The van der Waals surface area contributed by atoms with Gasteiger partial charge in [0.25, 0.3) is 0 Å². The lowest BCUT2D eigenvalue weighted by Crippen LogP contribution is -1.86. The molecular weight excluding hydrogens is 148 g/mol. The highest BCUT2D eigenvalue weighted by atomic mass is 35.5. The Kier molecular flexibility index (Phi) is 3.30. The SMILES string of the molecule is C#Cc1ccc(N)cn1.Cl. The third-order valence-electron chi connectivity index (χ3n) is 0.934. The summed E-state index contributed by atoms with van der Waals surface area (Å²) in [6.07, 6.45) is 6.58. The molecule has 0 atom stereocenters. The molecule has 1 aromatic rings. The molecule has 52 valence electrons. The van der Waals surface area contributed by atoms with E-state index in [0.717, 1.165) is 0 Å². The van der Waals surface area contributed by atoms with Gasteiger partial charge >= 0.3 is 0 Å². The smallest absolute Gasteiger partial charge is 0.113 e. The van der Waals surface area contributed by atoms with Gasteiger partial charge < -0.3 is 5.73 Å². The molecule has 0 aliphatic rings. The molecule has 1 heterocycles. The van der Waals surface area contributed by atoms with Crippen molar-refractivity contribution >= 4 is 18.1 Å². The van der Waals surface area contributed by atoms with E-state index in [1.165, 1.54) is 6.20 Å². The van der Waals surface area contributed by atoms with Crippen molar-refractivity contribution in [1.29, 1.82) is 0 Å². The van der Waals surface area contributed by atoms with Crippen molar-refractivity contribution in [3.63, 3.8) is 0 Å². The van der Waals surface area contributed by atoms with Gasteiger partial charge in [-0.3, -0.25) is 0 Å². The van der Waals surface area contributed by atoms with Gasteiger partial charge in [-0.1, -0.05) is 5.92 Å². The molecule has 0 radical (unpaired) electrons. The van der Waals surface area contributed by atoms with Gasteiger partial charge in [0.1, 0.15) is 5.69 Å². The van der Waals surface area contributed by atoms with Crippen LogP contribution in [0.4, 0.5) is 5.69 Å². The van der Waals surface area contributed by atoms with Crippen LogP contribution >= 0.6 is 12.4 Å². The van der Waals surface area contributed by atoms with Crippen molar-refractivity contribution in [3.8, 4) is 12.3 Å². The maximum atomic E-state index is 5.35. The van der Waals surface area contributed by atoms with Gasteiger partial charge in [0.05, 0.1) is 11.9 Å². The molecule has 1 aromatic heterocycles. The number of nitrogens with zero attached hydrogens (tertiary/aromatic N) is 1. The number of rotatable bonds is 0. The van der Waals surface area contributed by atoms with E-state index in [-0.39, 0.29) is 12.4 Å². The fourth-order valence-corrected chi connectivity index (χ4v) is 0.491. The van der Waals surface area contributed by atoms with Crippen LogP contribution in [0.2, 0.25) is 0 Å². The Morgan fingerprint density at radius 3 is 2.60 bits per heavy atom. The number of hydrogen-bond donors (Lipinski definition) is 1. The van der Waals surface area contributed by atoms with Crippen LogP contribution in [-0.2, 0) is 0 Å². The molecule has 0 spiro atoms. The zero-order valence-electron chi connectivity index (χ0n) is 5.24. The summed E-state index contributed by atoms with van der Waals surface area (Å²) < 4.78 is 0. The van der Waals surface area contributed by atoms with Crippen LogP contribution in [0.3, 0.4) is 0 Å². The number of pyridine rings is 1. The average molecular weight is 155 g/mol. The summed E-state index contributed by atoms with van der Waals surface area (Å²) >= 11 is 0. The topological polar surface area (TPSA) is 38.9 Å². The minimum atomic E-state index is 0. The molecule has 2 nitrogen and oxygen atoms in total. The predicted molar refractivity (Wildman–Crippen MR) is 43.8 cm³/mol. The van der Waals surface area contributed by atoms with Gasteiger partial charge in [0.15, 0.2) is 0 Å². The predicted octanol–water partition coefficient (Wildman–Crippen LogP) is 1.07. The molecule has 10 heavy (non-hydrogen) atoms. The molecule has 0 unspecified atom stereocenters. The highest BCUT2D eigenvalue weighted by Crippen LogP contribution is 1.98. The van der Waals surface area contributed by atoms with E-state index in [1.54, 1.807) is 12.1 Å². The van der Waals surface area contributed by atoms with Gasteiger partial charge in [-0.25, -0.2) is 4.98 Å². The summed E-state index contributed by atoms with van der Waals surface area (Å²) in [7, 11) is 0. The first kappa shape index (κ1) is 8.80. The molecule has 3 heteroatoms. The number of nitrogen functional groups attached to an aromatic ring is 1. The second kappa shape index (κ2) is 3.76. The van der Waals surface area contributed by atoms with Crippen LogP contribution in [-0.4, -0.2) is 4.98 Å². The maximum absolute atomic E-state index is 5.35. The Labute approximate surface area is 65.9 Å². The molecule has 0 saturated heterocycles. The van der Waals surface area contributed by atoms with Gasteiger partial charge in [-0.2, -0.15) is 0 Å². The summed E-state index contributed by atoms with van der Waals surface area (Å²) in [4.78, 5) is 3.84. The van der Waals surface area contributed by atoms with Gasteiger partial charge in [0.2, 0.25) is 0 Å². The number of aromatic nitrogens is 1. The number of halogens is 1. The summed E-state index contributed by atoms with van der Waals surface area (Å²) in [5, 5.41) is 0. The first-order chi connectivity index (χ1) is 4.33. The Hall–Kier alpha value is -1.20. The minimum Gasteiger partial charge on any atom is -0.397 e. The van der Waals surface area contributed by atoms with Crippen LogP contribution in [0.1, 0.15) is 5.69 Å². The van der Waals surface area contributed by atoms with Crippen molar-refractivity contribution in [2.45, 2.75) is 0 Å². The zero-order chi connectivity index (χ0) is 6.69. The van der Waals surface area contributed by atoms with E-state index < -0.39 is 0 Å². The lowest BCUT2D eigenvalue weighted by atomic mass is 10.3. The molecule has 0 aliphatic carbocycles. The molecule has 0 saturated carbocycles. The van der Waals surface area contributed by atoms with Crippen LogP contribution in [0.5, 0.6) is 0 Å². The van der Waals surface area contributed by atoms with Crippen LogP contribution in [0.25, 0.3) is 0 Å². The third-order valence-corrected chi connectivity index (χ3v) is 0.934. The quantitative estimate of drug-likeness (QED) is 0.568. The third kappa shape index (κ3) is 1.96. The molecule has 1 rings (SSSR count). The highest BCUT2D eigenvalue weighted by Gasteiger charge is 1.84. The molecule has 0 amide bonds. The van der Waals surface area contributed by atoms with Crippen molar-refractivity contribution in [2.24, 2.45) is 0 Å². The number of hydrogen-bond acceptors (Lipinski definition) is 2. The largest absolute Gasteiger partial charge is 0.397 e. The van der Waals surface area contributed by atoms with Crippen LogP contribution in [0.15, 0.2) is 18.3 Å². The van der Waals surface area contributed by atoms with E-state index in [1.807, 2.05) is 0 Å². The fourth-order valence-electron chi connectivity index (χ4n) is 0.491. The van der Waals surface area contributed by atoms with Crippen molar-refractivity contribution < 1.29 is 0 Å². The molecule has 0 bridgehead atoms. The molecular formula is C7H7ClN2. The summed E-state index contributed by atoms with van der Waals surface area (Å²) in [6.45, 7) is 0. The van der Waals surface area contributed by atoms with Gasteiger partial charge in [0, 0.05) is 0 Å². The van der Waals surface area contributed by atoms with Gasteiger partial charge in [-0.15, -0.1) is 18.8 Å². The second-order valence-electron chi connectivity index (χ2n) is 1.62. The molecule has 0 fully saturated rings. The van der Waals surface area contributed by atoms with Gasteiger partial charge in [-0.05, 0) is 12.1 Å². The minimum absolute atomic E-state index is 0. The Morgan fingerprint density at radius 1 is 1.50 bits per heavy atom. The van der Waals surface area contributed by atoms with Crippen molar-refractivity contribution in [3.05, 3.63) is 24.0 Å². The fraction of sp³-hybridized carbons (Fsp3) is 0. The summed E-state index contributed by atoms with van der Waals surface area (Å²) in [5.41, 5.74) is 6.60. The monoisotopic (exact) mass is 154 g/mol. The number of anilines is 1. The number of nitrogens with two attached hydrogens (primary N) is 1. The van der Waals surface area contributed by atoms with E-state index in [0.29, 0.717) is 11.4 Å². The van der Waals surface area contributed by atoms with E-state index in [9.17, 15) is 0 Å².